The van der Waals surface area contributed by atoms with Crippen LogP contribution < -0.4 is 0 Å². The Morgan fingerprint density at radius 3 is 2.37 bits per heavy atom. The molecule has 1 saturated heterocycles. The van der Waals surface area contributed by atoms with Crippen molar-refractivity contribution in [1.82, 2.24) is 4.90 Å². The largest absolute Gasteiger partial charge is 0.481 e. The molecule has 0 amide bonds. The van der Waals surface area contributed by atoms with Crippen molar-refractivity contribution in [3.63, 3.8) is 0 Å². The fraction of sp³-hybridized carbons (Fsp3) is 0.938. The second kappa shape index (κ2) is 5.43. The van der Waals surface area contributed by atoms with E-state index in [0.717, 1.165) is 32.4 Å². The van der Waals surface area contributed by atoms with E-state index >= 15 is 0 Å². The molecule has 0 aromatic carbocycles. The molecular formula is C16H29NO2. The Kier molecular flexibility index (Phi) is 4.24. The molecule has 1 saturated carbocycles. The summed E-state index contributed by atoms with van der Waals surface area (Å²) in [6, 6.07) is 0. The Balaban J connectivity index is 2.21. The smallest absolute Gasteiger partial charge is 0.305 e. The number of nitrogens with zero attached hydrogens (tertiary/aromatic N) is 1. The summed E-state index contributed by atoms with van der Waals surface area (Å²) in [5.74, 6) is -0.150. The van der Waals surface area contributed by atoms with Crippen molar-refractivity contribution in [3.05, 3.63) is 0 Å². The highest BCUT2D eigenvalue weighted by Crippen LogP contribution is 2.48. The minimum absolute atomic E-state index is 0.0816. The molecule has 1 aliphatic carbocycles. The van der Waals surface area contributed by atoms with Crippen molar-refractivity contribution in [2.75, 3.05) is 13.1 Å². The summed E-state index contributed by atoms with van der Waals surface area (Å²) in [6.45, 7) is 9.11. The number of aliphatic carboxylic acids is 1. The molecule has 19 heavy (non-hydrogen) atoms. The monoisotopic (exact) mass is 267 g/mol. The van der Waals surface area contributed by atoms with E-state index in [0.29, 0.717) is 17.8 Å². The zero-order valence-electron chi connectivity index (χ0n) is 12.7. The van der Waals surface area contributed by atoms with Crippen LogP contribution >= 0.6 is 0 Å². The summed E-state index contributed by atoms with van der Waals surface area (Å²) in [7, 11) is 0. The molecule has 2 fully saturated rings. The summed E-state index contributed by atoms with van der Waals surface area (Å²) < 4.78 is 0. The molecule has 1 aliphatic heterocycles. The number of carboxylic acids is 1. The van der Waals surface area contributed by atoms with Crippen LogP contribution in [0.3, 0.4) is 0 Å². The van der Waals surface area contributed by atoms with E-state index in [1.807, 2.05) is 0 Å². The lowest BCUT2D eigenvalue weighted by Crippen LogP contribution is -2.59. The Bertz CT molecular complexity index is 334. The molecule has 0 aromatic rings. The zero-order chi connectivity index (χ0) is 14.1. The Labute approximate surface area is 117 Å². The second-order valence-corrected chi connectivity index (χ2v) is 7.49. The summed E-state index contributed by atoms with van der Waals surface area (Å²) in [5.41, 5.74) is 0.291. The van der Waals surface area contributed by atoms with Crippen LogP contribution in [0, 0.1) is 11.3 Å². The fourth-order valence-corrected chi connectivity index (χ4v) is 4.37. The van der Waals surface area contributed by atoms with Gasteiger partial charge >= 0.3 is 5.97 Å². The number of carboxylic acid groups (broad SMARTS) is 1. The average Bonchev–Trinajstić information content (AvgIpc) is 2.33. The minimum Gasteiger partial charge on any atom is -0.481 e. The number of hydrogen-bond acceptors (Lipinski definition) is 2. The number of hydrogen-bond donors (Lipinski definition) is 1. The van der Waals surface area contributed by atoms with Gasteiger partial charge in [0.2, 0.25) is 0 Å². The van der Waals surface area contributed by atoms with Gasteiger partial charge in [-0.1, -0.05) is 27.2 Å². The predicted molar refractivity (Wildman–Crippen MR) is 77.2 cm³/mol. The van der Waals surface area contributed by atoms with Crippen LogP contribution in [0.5, 0.6) is 0 Å². The molecule has 1 N–H and O–H groups in total. The van der Waals surface area contributed by atoms with E-state index in [2.05, 4.69) is 25.7 Å². The number of carbonyl (C=O) groups is 1. The third kappa shape index (κ3) is 3.13. The van der Waals surface area contributed by atoms with Crippen molar-refractivity contribution >= 4 is 5.97 Å². The van der Waals surface area contributed by atoms with E-state index in [9.17, 15) is 9.90 Å². The van der Waals surface area contributed by atoms with Gasteiger partial charge in [0.15, 0.2) is 0 Å². The molecule has 0 bridgehead atoms. The number of rotatable bonds is 3. The van der Waals surface area contributed by atoms with Gasteiger partial charge in [0.1, 0.15) is 0 Å². The summed E-state index contributed by atoms with van der Waals surface area (Å²) in [5, 5.41) is 9.38. The van der Waals surface area contributed by atoms with Gasteiger partial charge in [-0.25, -0.2) is 0 Å². The molecule has 0 spiro atoms. The highest BCUT2D eigenvalue weighted by Gasteiger charge is 2.48. The second-order valence-electron chi connectivity index (χ2n) is 7.49. The highest BCUT2D eigenvalue weighted by molar-refractivity contribution is 5.68. The van der Waals surface area contributed by atoms with Gasteiger partial charge in [-0.15, -0.1) is 0 Å². The van der Waals surface area contributed by atoms with Crippen molar-refractivity contribution < 1.29 is 9.90 Å². The van der Waals surface area contributed by atoms with Crippen LogP contribution in [-0.2, 0) is 4.79 Å². The standard InChI is InChI=1S/C16H29NO2/c1-13-11-15(2,3)7-8-16(13,12-14(18)19)17-9-5-4-6-10-17/h13H,4-12H2,1-3H3,(H,18,19). The highest BCUT2D eigenvalue weighted by atomic mass is 16.4. The molecule has 110 valence electrons. The normalized spacial score (nSPS) is 36.1. The van der Waals surface area contributed by atoms with Gasteiger partial charge in [-0.05, 0) is 56.5 Å². The van der Waals surface area contributed by atoms with E-state index in [4.69, 9.17) is 0 Å². The van der Waals surface area contributed by atoms with Gasteiger partial charge in [0.05, 0.1) is 6.42 Å². The molecule has 0 radical (unpaired) electrons. The Morgan fingerprint density at radius 2 is 1.84 bits per heavy atom. The van der Waals surface area contributed by atoms with Crippen molar-refractivity contribution in [2.24, 2.45) is 11.3 Å². The molecule has 2 rings (SSSR count). The first-order chi connectivity index (χ1) is 8.86. The predicted octanol–water partition coefficient (Wildman–Crippen LogP) is 3.53. The van der Waals surface area contributed by atoms with Crippen LogP contribution in [0.2, 0.25) is 0 Å². The molecule has 2 unspecified atom stereocenters. The van der Waals surface area contributed by atoms with E-state index < -0.39 is 5.97 Å². The number of piperidine rings is 1. The lowest BCUT2D eigenvalue weighted by molar-refractivity contribution is -0.144. The van der Waals surface area contributed by atoms with Crippen LogP contribution in [0.1, 0.15) is 65.7 Å². The van der Waals surface area contributed by atoms with Gasteiger partial charge in [0, 0.05) is 5.54 Å². The number of likely N-dealkylation sites (tertiary alicyclic amines) is 1. The SMILES string of the molecule is CC1CC(C)(C)CCC1(CC(=O)O)N1CCCCC1. The lowest BCUT2D eigenvalue weighted by Gasteiger charge is -2.54. The molecule has 2 atom stereocenters. The summed E-state index contributed by atoms with van der Waals surface area (Å²) in [6.07, 6.45) is 7.45. The first kappa shape index (κ1) is 14.8. The maximum absolute atomic E-state index is 11.4. The third-order valence-corrected chi connectivity index (χ3v) is 5.45. The van der Waals surface area contributed by atoms with E-state index in [1.165, 1.54) is 19.3 Å². The van der Waals surface area contributed by atoms with Crippen LogP contribution in [0.4, 0.5) is 0 Å². The third-order valence-electron chi connectivity index (χ3n) is 5.45. The average molecular weight is 267 g/mol. The van der Waals surface area contributed by atoms with Crippen LogP contribution in [0.15, 0.2) is 0 Å². The summed E-state index contributed by atoms with van der Waals surface area (Å²) in [4.78, 5) is 13.9. The zero-order valence-corrected chi connectivity index (χ0v) is 12.7. The fourth-order valence-electron chi connectivity index (χ4n) is 4.37. The van der Waals surface area contributed by atoms with Crippen LogP contribution in [-0.4, -0.2) is 34.6 Å². The van der Waals surface area contributed by atoms with Gasteiger partial charge < -0.3 is 5.11 Å². The molecule has 3 heteroatoms. The molecule has 1 heterocycles. The van der Waals surface area contributed by atoms with Gasteiger partial charge in [0.25, 0.3) is 0 Å². The van der Waals surface area contributed by atoms with Crippen molar-refractivity contribution in [1.29, 1.82) is 0 Å². The first-order valence-electron chi connectivity index (χ1n) is 7.83. The quantitative estimate of drug-likeness (QED) is 0.850. The van der Waals surface area contributed by atoms with Gasteiger partial charge in [-0.3, -0.25) is 9.69 Å². The first-order valence-corrected chi connectivity index (χ1v) is 7.83. The lowest BCUT2D eigenvalue weighted by atomic mass is 9.61. The van der Waals surface area contributed by atoms with Crippen LogP contribution in [0.25, 0.3) is 0 Å². The molecule has 3 nitrogen and oxygen atoms in total. The van der Waals surface area contributed by atoms with E-state index in [-0.39, 0.29) is 5.54 Å². The van der Waals surface area contributed by atoms with E-state index in [1.54, 1.807) is 0 Å². The van der Waals surface area contributed by atoms with Gasteiger partial charge in [-0.2, -0.15) is 0 Å². The maximum Gasteiger partial charge on any atom is 0.305 e. The Morgan fingerprint density at radius 1 is 1.21 bits per heavy atom. The molecule has 2 aliphatic rings. The van der Waals surface area contributed by atoms with Crippen molar-refractivity contribution in [3.8, 4) is 0 Å². The Hall–Kier alpha value is -0.570. The topological polar surface area (TPSA) is 40.5 Å². The molecular weight excluding hydrogens is 238 g/mol. The van der Waals surface area contributed by atoms with Crippen molar-refractivity contribution in [2.45, 2.75) is 71.3 Å². The molecule has 0 aromatic heterocycles. The maximum atomic E-state index is 11.4. The minimum atomic E-state index is -0.628. The summed E-state index contributed by atoms with van der Waals surface area (Å²) >= 11 is 0.